The zero-order valence-corrected chi connectivity index (χ0v) is 13.7. The quantitative estimate of drug-likeness (QED) is 0.934. The maximum Gasteiger partial charge on any atom is 0.263 e. The lowest BCUT2D eigenvalue weighted by Gasteiger charge is -2.26. The van der Waals surface area contributed by atoms with Crippen molar-refractivity contribution >= 4 is 27.4 Å². The number of amides is 1. The zero-order valence-electron chi connectivity index (χ0n) is 12.9. The molecule has 0 saturated heterocycles. The third-order valence-corrected chi connectivity index (χ3v) is 5.18. The largest absolute Gasteiger partial charge is 0.315 e. The summed E-state index contributed by atoms with van der Waals surface area (Å²) in [6.07, 6.45) is 0.935. The van der Waals surface area contributed by atoms with Gasteiger partial charge in [0.1, 0.15) is 5.82 Å². The van der Waals surface area contributed by atoms with Crippen molar-refractivity contribution in [2.24, 2.45) is 0 Å². The van der Waals surface area contributed by atoms with Gasteiger partial charge in [0.05, 0.1) is 4.90 Å². The van der Waals surface area contributed by atoms with Gasteiger partial charge in [-0.1, -0.05) is 6.07 Å². The van der Waals surface area contributed by atoms with Gasteiger partial charge in [-0.15, -0.1) is 0 Å². The van der Waals surface area contributed by atoms with E-state index < -0.39 is 10.0 Å². The van der Waals surface area contributed by atoms with Crippen LogP contribution in [0.3, 0.4) is 0 Å². The normalized spacial score (nSPS) is 14.5. The Kier molecular flexibility index (Phi) is 3.81. The number of carbonyl (C=O) groups excluding carboxylic acids is 1. The van der Waals surface area contributed by atoms with Crippen LogP contribution in [0.25, 0.3) is 0 Å². The highest BCUT2D eigenvalue weighted by Gasteiger charge is 2.23. The van der Waals surface area contributed by atoms with E-state index in [1.165, 1.54) is 6.07 Å². The Balaban J connectivity index is 1.93. The first-order chi connectivity index (χ1) is 10.9. The maximum atomic E-state index is 12.5. The Bertz CT molecular complexity index is 878. The Morgan fingerprint density at radius 2 is 1.96 bits per heavy atom. The van der Waals surface area contributed by atoms with E-state index in [9.17, 15) is 13.2 Å². The summed E-state index contributed by atoms with van der Waals surface area (Å²) >= 11 is 0. The van der Waals surface area contributed by atoms with Gasteiger partial charge in [-0.3, -0.25) is 9.52 Å². The summed E-state index contributed by atoms with van der Waals surface area (Å²) in [6, 6.07) is 9.94. The molecule has 1 amide bonds. The minimum Gasteiger partial charge on any atom is -0.315 e. The first-order valence-corrected chi connectivity index (χ1v) is 8.71. The molecule has 23 heavy (non-hydrogen) atoms. The number of nitrogens with zero attached hydrogens (tertiary/aromatic N) is 2. The molecule has 0 unspecified atom stereocenters. The van der Waals surface area contributed by atoms with Crippen LogP contribution in [0, 0.1) is 6.92 Å². The van der Waals surface area contributed by atoms with E-state index in [1.807, 2.05) is 0 Å². The molecule has 1 aromatic heterocycles. The highest BCUT2D eigenvalue weighted by molar-refractivity contribution is 7.92. The smallest absolute Gasteiger partial charge is 0.263 e. The molecule has 6 nitrogen and oxygen atoms in total. The van der Waals surface area contributed by atoms with Crippen LogP contribution in [0.4, 0.5) is 11.5 Å². The molecule has 0 aliphatic carbocycles. The van der Waals surface area contributed by atoms with Gasteiger partial charge in [-0.2, -0.15) is 0 Å². The number of carbonyl (C=O) groups is 1. The number of benzene rings is 1. The number of aryl methyl sites for hydroxylation is 2. The Labute approximate surface area is 135 Å². The third kappa shape index (κ3) is 3.05. The predicted molar refractivity (Wildman–Crippen MR) is 88.0 cm³/mol. The molecule has 0 radical (unpaired) electrons. The second-order valence-corrected chi connectivity index (χ2v) is 7.20. The number of hydrogen-bond acceptors (Lipinski definition) is 4. The van der Waals surface area contributed by atoms with Crippen molar-refractivity contribution in [3.8, 4) is 0 Å². The number of pyridine rings is 1. The molecule has 0 spiro atoms. The fourth-order valence-electron chi connectivity index (χ4n) is 2.60. The molecular weight excluding hydrogens is 314 g/mol. The summed E-state index contributed by atoms with van der Waals surface area (Å²) in [7, 11) is -2.01. The molecule has 1 N–H and O–H groups in total. The Morgan fingerprint density at radius 3 is 2.70 bits per heavy atom. The number of sulfonamides is 1. The molecule has 2 aromatic rings. The van der Waals surface area contributed by atoms with Crippen molar-refractivity contribution in [2.45, 2.75) is 24.7 Å². The van der Waals surface area contributed by atoms with Crippen molar-refractivity contribution < 1.29 is 13.2 Å². The van der Waals surface area contributed by atoms with Crippen LogP contribution in [-0.2, 0) is 21.2 Å². The van der Waals surface area contributed by atoms with Gasteiger partial charge in [-0.25, -0.2) is 13.4 Å². The second-order valence-electron chi connectivity index (χ2n) is 5.51. The van der Waals surface area contributed by atoms with Gasteiger partial charge < -0.3 is 4.90 Å². The SMILES string of the molecule is Cc1cccc(NS(=O)(=O)c2ccc3c(c2)CCC(=O)N3C)n1. The molecule has 0 atom stereocenters. The summed E-state index contributed by atoms with van der Waals surface area (Å²) < 4.78 is 27.5. The number of fused-ring (bicyclic) bond motifs is 1. The van der Waals surface area contributed by atoms with Gasteiger partial charge in [0.2, 0.25) is 5.91 Å². The Morgan fingerprint density at radius 1 is 1.17 bits per heavy atom. The van der Waals surface area contributed by atoms with E-state index in [-0.39, 0.29) is 16.6 Å². The van der Waals surface area contributed by atoms with Crippen LogP contribution in [0.2, 0.25) is 0 Å². The summed E-state index contributed by atoms with van der Waals surface area (Å²) in [6.45, 7) is 1.80. The number of hydrogen-bond donors (Lipinski definition) is 1. The van der Waals surface area contributed by atoms with Crippen LogP contribution in [0.5, 0.6) is 0 Å². The maximum absolute atomic E-state index is 12.5. The highest BCUT2D eigenvalue weighted by Crippen LogP contribution is 2.29. The summed E-state index contributed by atoms with van der Waals surface area (Å²) in [5.41, 5.74) is 2.34. The van der Waals surface area contributed by atoms with E-state index >= 15 is 0 Å². The molecule has 1 aromatic carbocycles. The van der Waals surface area contributed by atoms with E-state index in [0.717, 1.165) is 16.9 Å². The van der Waals surface area contributed by atoms with Gasteiger partial charge in [-0.05, 0) is 49.2 Å². The van der Waals surface area contributed by atoms with Gasteiger partial charge in [0.25, 0.3) is 10.0 Å². The minimum atomic E-state index is -3.71. The molecule has 7 heteroatoms. The van der Waals surface area contributed by atoms with Crippen molar-refractivity contribution in [1.29, 1.82) is 0 Å². The number of anilines is 2. The van der Waals surface area contributed by atoms with Gasteiger partial charge in [0.15, 0.2) is 0 Å². The van der Waals surface area contributed by atoms with Crippen molar-refractivity contribution in [3.63, 3.8) is 0 Å². The van der Waals surface area contributed by atoms with Crippen molar-refractivity contribution in [3.05, 3.63) is 47.7 Å². The molecule has 2 heterocycles. The molecule has 0 saturated carbocycles. The van der Waals surface area contributed by atoms with Crippen LogP contribution < -0.4 is 9.62 Å². The fourth-order valence-corrected chi connectivity index (χ4v) is 3.65. The summed E-state index contributed by atoms with van der Waals surface area (Å²) in [4.78, 5) is 17.6. The highest BCUT2D eigenvalue weighted by atomic mass is 32.2. The molecule has 0 fully saturated rings. The lowest BCUT2D eigenvalue weighted by molar-refractivity contribution is -0.118. The first kappa shape index (κ1) is 15.5. The van der Waals surface area contributed by atoms with E-state index in [4.69, 9.17) is 0 Å². The minimum absolute atomic E-state index is 0.0372. The predicted octanol–water partition coefficient (Wildman–Crippen LogP) is 2.10. The van der Waals surface area contributed by atoms with Gasteiger partial charge >= 0.3 is 0 Å². The van der Waals surface area contributed by atoms with Crippen LogP contribution in [-0.4, -0.2) is 26.4 Å². The van der Waals surface area contributed by atoms with E-state index in [1.54, 1.807) is 49.2 Å². The average Bonchev–Trinajstić information content (AvgIpc) is 2.50. The number of nitrogens with one attached hydrogen (secondary N) is 1. The molecule has 3 rings (SSSR count). The zero-order chi connectivity index (χ0) is 16.6. The number of aromatic nitrogens is 1. The fraction of sp³-hybridized carbons (Fsp3) is 0.250. The molecule has 120 valence electrons. The number of rotatable bonds is 3. The molecule has 0 bridgehead atoms. The van der Waals surface area contributed by atoms with Gasteiger partial charge in [0, 0.05) is 24.8 Å². The van der Waals surface area contributed by atoms with Crippen molar-refractivity contribution in [1.82, 2.24) is 4.98 Å². The lowest BCUT2D eigenvalue weighted by atomic mass is 10.0. The lowest BCUT2D eigenvalue weighted by Crippen LogP contribution is -2.31. The monoisotopic (exact) mass is 331 g/mol. The van der Waals surface area contributed by atoms with Crippen LogP contribution >= 0.6 is 0 Å². The third-order valence-electron chi connectivity index (χ3n) is 3.83. The molecular formula is C16H17N3O3S. The topological polar surface area (TPSA) is 79.4 Å². The molecule has 1 aliphatic rings. The van der Waals surface area contributed by atoms with Crippen LogP contribution in [0.15, 0.2) is 41.3 Å². The summed E-state index contributed by atoms with van der Waals surface area (Å²) in [5.74, 6) is 0.324. The molecule has 1 aliphatic heterocycles. The first-order valence-electron chi connectivity index (χ1n) is 7.23. The van der Waals surface area contributed by atoms with E-state index in [2.05, 4.69) is 9.71 Å². The van der Waals surface area contributed by atoms with E-state index in [0.29, 0.717) is 12.8 Å². The van der Waals surface area contributed by atoms with Crippen molar-refractivity contribution in [2.75, 3.05) is 16.7 Å². The second kappa shape index (κ2) is 5.66. The standard InChI is InChI=1S/C16H17N3O3S/c1-11-4-3-5-15(17-11)18-23(21,22)13-7-8-14-12(10-13)6-9-16(20)19(14)2/h3-5,7-8,10H,6,9H2,1-2H3,(H,17,18). The Hall–Kier alpha value is -2.41. The average molecular weight is 331 g/mol. The summed E-state index contributed by atoms with van der Waals surface area (Å²) in [5, 5.41) is 0. The van der Waals surface area contributed by atoms with Crippen LogP contribution in [0.1, 0.15) is 17.7 Å².